The Kier molecular flexibility index (Phi) is 7.35. The zero-order chi connectivity index (χ0) is 41.1. The predicted octanol–water partition coefficient (Wildman–Crippen LogP) is 16.6. The van der Waals surface area contributed by atoms with Crippen molar-refractivity contribution in [1.29, 1.82) is 0 Å². The molecule has 0 amide bonds. The molecule has 11 aromatic carbocycles. The third-order valence-corrected chi connectivity index (χ3v) is 13.4. The van der Waals surface area contributed by atoms with Crippen LogP contribution in [0.3, 0.4) is 0 Å². The molecule has 0 bridgehead atoms. The van der Waals surface area contributed by atoms with Crippen LogP contribution >= 0.6 is 0 Å². The van der Waals surface area contributed by atoms with Crippen LogP contribution in [0.15, 0.2) is 207 Å². The van der Waals surface area contributed by atoms with Gasteiger partial charge in [0.25, 0.3) is 0 Å². The number of fused-ring (bicyclic) bond motifs is 8. The molecule has 2 nitrogen and oxygen atoms in total. The molecule has 0 spiro atoms. The zero-order valence-corrected chi connectivity index (χ0v) is 33.9. The Hall–Kier alpha value is -8.20. The number of rotatable bonds is 6. The Morgan fingerprint density at radius 3 is 1.11 bits per heavy atom. The van der Waals surface area contributed by atoms with Crippen LogP contribution < -0.4 is 0 Å². The van der Waals surface area contributed by atoms with Crippen molar-refractivity contribution in [3.63, 3.8) is 0 Å². The van der Waals surface area contributed by atoms with Gasteiger partial charge < -0.3 is 9.13 Å². The number of nitrogens with zero attached hydrogens (tertiary/aromatic N) is 2. The molecule has 2 heterocycles. The van der Waals surface area contributed by atoms with Crippen molar-refractivity contribution in [2.24, 2.45) is 0 Å². The van der Waals surface area contributed by atoms with Crippen LogP contribution in [0.4, 0.5) is 0 Å². The van der Waals surface area contributed by atoms with Gasteiger partial charge in [-0.05, 0) is 114 Å². The molecule has 0 aliphatic heterocycles. The molecule has 13 aromatic rings. The number of hydrogen-bond donors (Lipinski definition) is 0. The highest BCUT2D eigenvalue weighted by Gasteiger charge is 2.23. The number of para-hydroxylation sites is 4. The van der Waals surface area contributed by atoms with E-state index in [1.165, 1.54) is 109 Å². The second-order valence-corrected chi connectivity index (χ2v) is 16.5. The minimum Gasteiger partial charge on any atom is -0.309 e. The SMILES string of the molecule is C=Cc1ccc2c(c1)c1cccc(-c3ccc4c5ccc(-c6cccc7c8cc(C=C)ccc8n(-c8ccccc8)c67)c6cccc(c7cccc3c74)c65)c1n2-c1ccccc1. The molecule has 0 aliphatic rings. The molecule has 0 saturated heterocycles. The van der Waals surface area contributed by atoms with E-state index in [-0.39, 0.29) is 0 Å². The summed E-state index contributed by atoms with van der Waals surface area (Å²) in [6.45, 7) is 8.18. The Bertz CT molecular complexity index is 3710. The fourth-order valence-corrected chi connectivity index (χ4v) is 10.7. The molecule has 0 radical (unpaired) electrons. The summed E-state index contributed by atoms with van der Waals surface area (Å²) < 4.78 is 4.88. The van der Waals surface area contributed by atoms with E-state index in [4.69, 9.17) is 0 Å². The van der Waals surface area contributed by atoms with E-state index in [0.717, 1.165) is 22.5 Å². The lowest BCUT2D eigenvalue weighted by molar-refractivity contribution is 1.18. The molecule has 0 aliphatic carbocycles. The highest BCUT2D eigenvalue weighted by molar-refractivity contribution is 6.36. The fraction of sp³-hybridized carbons (Fsp3) is 0. The summed E-state index contributed by atoms with van der Waals surface area (Å²) in [5.41, 5.74) is 14.2. The summed E-state index contributed by atoms with van der Waals surface area (Å²) in [6, 6.07) is 71.7. The van der Waals surface area contributed by atoms with Crippen molar-refractivity contribution in [1.82, 2.24) is 9.13 Å². The first-order valence-electron chi connectivity index (χ1n) is 21.3. The normalized spacial score (nSPS) is 12.0. The second kappa shape index (κ2) is 13.1. The van der Waals surface area contributed by atoms with Crippen molar-refractivity contribution in [2.75, 3.05) is 0 Å². The first-order valence-corrected chi connectivity index (χ1v) is 21.3. The van der Waals surface area contributed by atoms with Gasteiger partial charge in [-0.25, -0.2) is 0 Å². The summed E-state index contributed by atoms with van der Waals surface area (Å²) in [7, 11) is 0. The maximum absolute atomic E-state index is 4.09. The van der Waals surface area contributed by atoms with Gasteiger partial charge in [-0.3, -0.25) is 0 Å². The highest BCUT2D eigenvalue weighted by atomic mass is 15.0. The molecule has 13 rings (SSSR count). The fourth-order valence-electron chi connectivity index (χ4n) is 10.7. The smallest absolute Gasteiger partial charge is 0.0619 e. The maximum atomic E-state index is 4.09. The van der Waals surface area contributed by atoms with Gasteiger partial charge in [0.05, 0.1) is 22.1 Å². The van der Waals surface area contributed by atoms with Gasteiger partial charge in [0.1, 0.15) is 0 Å². The van der Waals surface area contributed by atoms with Gasteiger partial charge in [0.15, 0.2) is 0 Å². The van der Waals surface area contributed by atoms with Gasteiger partial charge in [0, 0.05) is 44.0 Å². The topological polar surface area (TPSA) is 9.86 Å². The van der Waals surface area contributed by atoms with E-state index in [2.05, 4.69) is 216 Å². The van der Waals surface area contributed by atoms with E-state index in [9.17, 15) is 0 Å². The third-order valence-electron chi connectivity index (χ3n) is 13.4. The summed E-state index contributed by atoms with van der Waals surface area (Å²) in [5, 5.41) is 15.1. The van der Waals surface area contributed by atoms with Gasteiger partial charge >= 0.3 is 0 Å². The van der Waals surface area contributed by atoms with E-state index >= 15 is 0 Å². The average molecular weight is 787 g/mol. The van der Waals surface area contributed by atoms with Crippen LogP contribution in [-0.4, -0.2) is 9.13 Å². The molecule has 0 fully saturated rings. The summed E-state index contributed by atoms with van der Waals surface area (Å²) in [4.78, 5) is 0. The molecular formula is C60H38N2. The maximum Gasteiger partial charge on any atom is 0.0619 e. The van der Waals surface area contributed by atoms with E-state index in [0.29, 0.717) is 0 Å². The Morgan fingerprint density at radius 1 is 0.290 bits per heavy atom. The Labute approximate surface area is 358 Å². The minimum atomic E-state index is 1.12. The monoisotopic (exact) mass is 786 g/mol. The van der Waals surface area contributed by atoms with Crippen LogP contribution in [0.5, 0.6) is 0 Å². The highest BCUT2D eigenvalue weighted by Crippen LogP contribution is 2.48. The van der Waals surface area contributed by atoms with Gasteiger partial charge in [0.2, 0.25) is 0 Å². The molecule has 62 heavy (non-hydrogen) atoms. The molecule has 2 aromatic heterocycles. The van der Waals surface area contributed by atoms with Gasteiger partial charge in [-0.15, -0.1) is 0 Å². The number of hydrogen-bond acceptors (Lipinski definition) is 0. The lowest BCUT2D eigenvalue weighted by Crippen LogP contribution is -1.96. The summed E-state index contributed by atoms with van der Waals surface area (Å²) in [6.07, 6.45) is 3.87. The lowest BCUT2D eigenvalue weighted by atomic mass is 9.85. The Morgan fingerprint density at radius 2 is 0.677 bits per heavy atom. The van der Waals surface area contributed by atoms with Crippen molar-refractivity contribution in [3.8, 4) is 33.6 Å². The second-order valence-electron chi connectivity index (χ2n) is 16.5. The molecule has 0 N–H and O–H groups in total. The van der Waals surface area contributed by atoms with Crippen molar-refractivity contribution < 1.29 is 0 Å². The van der Waals surface area contributed by atoms with Crippen molar-refractivity contribution in [2.45, 2.75) is 0 Å². The van der Waals surface area contributed by atoms with E-state index in [1.807, 2.05) is 12.2 Å². The molecular weight excluding hydrogens is 749 g/mol. The van der Waals surface area contributed by atoms with Crippen LogP contribution in [-0.2, 0) is 0 Å². The summed E-state index contributed by atoms with van der Waals surface area (Å²) in [5.74, 6) is 0. The lowest BCUT2D eigenvalue weighted by Gasteiger charge is -2.19. The van der Waals surface area contributed by atoms with Crippen LogP contribution in [0.25, 0.3) is 132 Å². The predicted molar refractivity (Wildman–Crippen MR) is 267 cm³/mol. The third kappa shape index (κ3) is 4.75. The van der Waals surface area contributed by atoms with Gasteiger partial charge in [-0.1, -0.05) is 171 Å². The molecule has 288 valence electrons. The quantitative estimate of drug-likeness (QED) is 0.117. The van der Waals surface area contributed by atoms with Crippen molar-refractivity contribution >= 4 is 98.9 Å². The molecule has 0 saturated carbocycles. The van der Waals surface area contributed by atoms with E-state index in [1.54, 1.807) is 0 Å². The van der Waals surface area contributed by atoms with Crippen LogP contribution in [0, 0.1) is 0 Å². The standard InChI is InChI=1S/C60H38N2/c1-3-37-27-33-55-53(35-37)51-25-13-23-49(59(51)61(55)39-15-7-5-8-16-39)41-29-31-47-48-32-30-42(44-20-12-22-46(58(44)48)45-21-11-19-43(41)57(45)47)50-24-14-26-52-54-36-38(4-2)28-34-56(54)62(60(50)52)40-17-9-6-10-18-40/h3-36H,1-2H2. The van der Waals surface area contributed by atoms with Crippen LogP contribution in [0.2, 0.25) is 0 Å². The largest absolute Gasteiger partial charge is 0.309 e. The first-order chi connectivity index (χ1) is 30.7. The number of aromatic nitrogens is 2. The van der Waals surface area contributed by atoms with Gasteiger partial charge in [-0.2, -0.15) is 0 Å². The number of benzene rings is 11. The first kappa shape index (κ1) is 34.6. The van der Waals surface area contributed by atoms with Crippen LogP contribution in [0.1, 0.15) is 11.1 Å². The van der Waals surface area contributed by atoms with Crippen molar-refractivity contribution in [3.05, 3.63) is 218 Å². The molecule has 0 atom stereocenters. The average Bonchev–Trinajstić information content (AvgIpc) is 3.86. The minimum absolute atomic E-state index is 1.12. The zero-order valence-electron chi connectivity index (χ0n) is 33.9. The Balaban J connectivity index is 1.09. The van der Waals surface area contributed by atoms with E-state index < -0.39 is 0 Å². The molecule has 0 unspecified atom stereocenters. The molecule has 2 heteroatoms. The summed E-state index contributed by atoms with van der Waals surface area (Å²) >= 11 is 0.